The van der Waals surface area contributed by atoms with Gasteiger partial charge in [0.2, 0.25) is 0 Å². The number of amidine groups is 1. The summed E-state index contributed by atoms with van der Waals surface area (Å²) in [7, 11) is 1.95. The van der Waals surface area contributed by atoms with E-state index in [0.717, 1.165) is 12.4 Å². The van der Waals surface area contributed by atoms with Crippen LogP contribution in [0.2, 0.25) is 0 Å². The maximum Gasteiger partial charge on any atom is 0.307 e. The Morgan fingerprint density at radius 2 is 2.56 bits per heavy atom. The van der Waals surface area contributed by atoms with E-state index in [4.69, 9.17) is 11.6 Å². The largest absolute Gasteiger partial charge is 0.307 e. The third-order valence-electron chi connectivity index (χ3n) is 1.16. The zero-order chi connectivity index (χ0) is 5.98. The smallest absolute Gasteiger partial charge is 0.236 e. The van der Waals surface area contributed by atoms with E-state index in [-0.39, 0.29) is 12.4 Å². The molecule has 9 heavy (non-hydrogen) atoms. The third kappa shape index (κ3) is 1.95. The molecule has 0 spiro atoms. The van der Waals surface area contributed by atoms with Crippen molar-refractivity contribution in [3.05, 3.63) is 0 Å². The normalized spacial score (nSPS) is 16.2. The maximum absolute atomic E-state index is 5.51. The molecule has 0 aliphatic carbocycles. The van der Waals surface area contributed by atoms with Crippen molar-refractivity contribution in [3.63, 3.8) is 0 Å². The first-order chi connectivity index (χ1) is 3.84. The molecule has 0 unspecified atom stereocenters. The predicted octanol–water partition coefficient (Wildman–Crippen LogP) is 0.772. The Morgan fingerprint density at radius 1 is 1.89 bits per heavy atom. The van der Waals surface area contributed by atoms with Gasteiger partial charge in [0.1, 0.15) is 12.1 Å². The summed E-state index contributed by atoms with van der Waals surface area (Å²) in [5.74, 6) is 1.49. The molecule has 0 bridgehead atoms. The van der Waals surface area contributed by atoms with Gasteiger partial charge < -0.3 is 0 Å². The van der Waals surface area contributed by atoms with E-state index in [1.54, 1.807) is 0 Å². The second-order valence-corrected chi connectivity index (χ2v) is 1.95. The topological polar surface area (TPSA) is 15.4 Å². The van der Waals surface area contributed by atoms with Crippen LogP contribution in [0.4, 0.5) is 0 Å². The molecular weight excluding hydrogens is 159 g/mol. The summed E-state index contributed by atoms with van der Waals surface area (Å²) >= 11 is 5.51. The van der Waals surface area contributed by atoms with Crippen LogP contribution >= 0.6 is 24.0 Å². The molecule has 0 amide bonds. The molecule has 0 saturated heterocycles. The van der Waals surface area contributed by atoms with Crippen LogP contribution in [0.5, 0.6) is 0 Å². The molecule has 1 aliphatic heterocycles. The van der Waals surface area contributed by atoms with Crippen LogP contribution in [0.3, 0.4) is 0 Å². The number of alkyl halides is 1. The first kappa shape index (κ1) is 8.92. The lowest BCUT2D eigenvalue weighted by atomic mass is 10.7. The number of halogens is 2. The van der Waals surface area contributed by atoms with Gasteiger partial charge in [-0.05, 0) is 0 Å². The summed E-state index contributed by atoms with van der Waals surface area (Å²) in [6.45, 7) is 0.790. The van der Waals surface area contributed by atoms with Crippen LogP contribution in [0.1, 0.15) is 0 Å². The molecule has 4 heteroatoms. The van der Waals surface area contributed by atoms with Crippen molar-refractivity contribution in [2.45, 2.75) is 0 Å². The van der Waals surface area contributed by atoms with Crippen LogP contribution in [0, 0.1) is 0 Å². The van der Waals surface area contributed by atoms with Gasteiger partial charge in [-0.3, -0.25) is 0 Å². The quantitative estimate of drug-likeness (QED) is 0.406. The van der Waals surface area contributed by atoms with Gasteiger partial charge in [0.05, 0.1) is 7.05 Å². The second kappa shape index (κ2) is 3.85. The van der Waals surface area contributed by atoms with Crippen molar-refractivity contribution < 1.29 is 4.58 Å². The molecule has 0 N–H and O–H groups in total. The van der Waals surface area contributed by atoms with Gasteiger partial charge in [0, 0.05) is 0 Å². The number of rotatable bonds is 1. The van der Waals surface area contributed by atoms with E-state index in [1.165, 1.54) is 0 Å². The fourth-order valence-electron chi connectivity index (χ4n) is 0.622. The summed E-state index contributed by atoms with van der Waals surface area (Å²) in [4.78, 5) is 4.09. The molecule has 1 aliphatic rings. The van der Waals surface area contributed by atoms with Crippen molar-refractivity contribution in [2.24, 2.45) is 4.99 Å². The Hall–Kier alpha value is -0.0800. The van der Waals surface area contributed by atoms with Crippen LogP contribution in [-0.4, -0.2) is 36.1 Å². The summed E-state index contributed by atoms with van der Waals surface area (Å²) < 4.78 is 1.95. The maximum atomic E-state index is 5.51. The number of nitrogens with zero attached hydrogens (tertiary/aromatic N) is 2. The molecule has 0 fully saturated rings. The van der Waals surface area contributed by atoms with Crippen molar-refractivity contribution in [3.8, 4) is 0 Å². The highest BCUT2D eigenvalue weighted by molar-refractivity contribution is 6.27. The number of aliphatic imine (C=N–C) groups is 1. The lowest BCUT2D eigenvalue weighted by Crippen LogP contribution is -2.13. The minimum atomic E-state index is 0. The zero-order valence-corrected chi connectivity index (χ0v) is 6.74. The molecule has 1 heterocycles. The number of hydrogen-bond acceptors (Lipinski definition) is 1. The minimum Gasteiger partial charge on any atom is -0.236 e. The summed E-state index contributed by atoms with van der Waals surface area (Å²) in [6.07, 6.45) is 2.00. The summed E-state index contributed by atoms with van der Waals surface area (Å²) in [6, 6.07) is 0. The van der Waals surface area contributed by atoms with Crippen LogP contribution < -0.4 is 0 Å². The molecule has 0 aromatic carbocycles. The zero-order valence-electron chi connectivity index (χ0n) is 5.17. The van der Waals surface area contributed by atoms with E-state index < -0.39 is 0 Å². The molecule has 0 aromatic heterocycles. The standard InChI is InChI=1S/C5H8ClN2.ClH/c1-8-3-2-7-5(8)4-6;/h3H,2,4H2,1H3;1H/q+1;. The summed E-state index contributed by atoms with van der Waals surface area (Å²) in [5.41, 5.74) is 0. The first-order valence-corrected chi connectivity index (χ1v) is 3.03. The number of hydrogen-bond donors (Lipinski definition) is 0. The Bertz CT molecular complexity index is 151. The van der Waals surface area contributed by atoms with Gasteiger partial charge in [0.25, 0.3) is 0 Å². The third-order valence-corrected chi connectivity index (χ3v) is 1.40. The van der Waals surface area contributed by atoms with Crippen LogP contribution in [0.25, 0.3) is 0 Å². The minimum absolute atomic E-state index is 0. The van der Waals surface area contributed by atoms with Crippen molar-refractivity contribution in [1.82, 2.24) is 0 Å². The molecule has 0 atom stereocenters. The van der Waals surface area contributed by atoms with Gasteiger partial charge in [-0.2, -0.15) is 0 Å². The lowest BCUT2D eigenvalue weighted by Gasteiger charge is -1.86. The Balaban J connectivity index is 0.000000640. The predicted molar refractivity (Wildman–Crippen MR) is 42.5 cm³/mol. The Labute approximate surface area is 65.7 Å². The van der Waals surface area contributed by atoms with Gasteiger partial charge in [-0.1, -0.05) is 4.99 Å². The van der Waals surface area contributed by atoms with Crippen molar-refractivity contribution in [1.29, 1.82) is 0 Å². The molecule has 0 saturated carbocycles. The van der Waals surface area contributed by atoms with E-state index >= 15 is 0 Å². The SMILES string of the molecule is C[N+]1=CCN=C1CCl.Cl. The Morgan fingerprint density at radius 3 is 2.78 bits per heavy atom. The van der Waals surface area contributed by atoms with Gasteiger partial charge in [-0.25, -0.2) is 4.58 Å². The molecule has 1 rings (SSSR count). The fourth-order valence-corrected chi connectivity index (χ4v) is 0.895. The van der Waals surface area contributed by atoms with E-state index in [0.29, 0.717) is 5.88 Å². The summed E-state index contributed by atoms with van der Waals surface area (Å²) in [5, 5.41) is 0. The van der Waals surface area contributed by atoms with Crippen LogP contribution in [0.15, 0.2) is 4.99 Å². The van der Waals surface area contributed by atoms with Crippen molar-refractivity contribution in [2.75, 3.05) is 19.5 Å². The van der Waals surface area contributed by atoms with Gasteiger partial charge >= 0.3 is 5.84 Å². The van der Waals surface area contributed by atoms with Crippen LogP contribution in [-0.2, 0) is 0 Å². The van der Waals surface area contributed by atoms with E-state index in [9.17, 15) is 0 Å². The molecular formula is C5H9Cl2N2+. The van der Waals surface area contributed by atoms with Crippen molar-refractivity contribution >= 4 is 36.1 Å². The Kier molecular flexibility index (Phi) is 3.82. The molecule has 0 aromatic rings. The first-order valence-electron chi connectivity index (χ1n) is 2.50. The van der Waals surface area contributed by atoms with Gasteiger partial charge in [0.15, 0.2) is 6.54 Å². The molecule has 2 nitrogen and oxygen atoms in total. The highest BCUT2D eigenvalue weighted by atomic mass is 35.5. The molecule has 52 valence electrons. The fraction of sp³-hybridized carbons (Fsp3) is 0.600. The van der Waals surface area contributed by atoms with Gasteiger partial charge in [-0.15, -0.1) is 24.0 Å². The highest BCUT2D eigenvalue weighted by Crippen LogP contribution is 1.89. The average Bonchev–Trinajstić information content (AvgIpc) is 2.14. The average molecular weight is 168 g/mol. The molecule has 0 radical (unpaired) electrons. The van der Waals surface area contributed by atoms with E-state index in [1.807, 2.05) is 17.8 Å². The lowest BCUT2D eigenvalue weighted by molar-refractivity contribution is -0.362. The highest BCUT2D eigenvalue weighted by Gasteiger charge is 2.12. The monoisotopic (exact) mass is 167 g/mol. The second-order valence-electron chi connectivity index (χ2n) is 1.68. The van der Waals surface area contributed by atoms with E-state index in [2.05, 4.69) is 4.99 Å².